The fourth-order valence-electron chi connectivity index (χ4n) is 2.51. The number of nitrogens with zero attached hydrogens (tertiary/aromatic N) is 1. The van der Waals surface area contributed by atoms with Crippen LogP contribution >= 0.6 is 11.6 Å². The molecule has 2 rings (SSSR count). The van der Waals surface area contributed by atoms with Crippen molar-refractivity contribution in [2.45, 2.75) is 20.0 Å². The van der Waals surface area contributed by atoms with Gasteiger partial charge in [-0.05, 0) is 43.7 Å². The second kappa shape index (κ2) is 9.10. The highest BCUT2D eigenvalue weighted by atomic mass is 35.5. The van der Waals surface area contributed by atoms with Crippen molar-refractivity contribution >= 4 is 28.8 Å². The summed E-state index contributed by atoms with van der Waals surface area (Å²) < 4.78 is 58.8. The Balaban J connectivity index is 2.22. The van der Waals surface area contributed by atoms with Gasteiger partial charge in [-0.25, -0.2) is 0 Å². The zero-order valence-electron chi connectivity index (χ0n) is 15.2. The molecule has 0 heterocycles. The molecule has 2 aromatic rings. The summed E-state index contributed by atoms with van der Waals surface area (Å²) in [6.45, 7) is 2.71. The molecule has 28 heavy (non-hydrogen) atoms. The lowest BCUT2D eigenvalue weighted by atomic mass is 10.0. The number of ether oxygens (including phenoxy) is 1. The number of hydrogen-bond acceptors (Lipinski definition) is 2. The van der Waals surface area contributed by atoms with E-state index < -0.39 is 30.3 Å². The maximum absolute atomic E-state index is 14.3. The van der Waals surface area contributed by atoms with Gasteiger partial charge in [-0.15, -0.1) is 0 Å². The average molecular weight is 416 g/mol. The first kappa shape index (κ1) is 21.8. The van der Waals surface area contributed by atoms with Crippen LogP contribution in [0.1, 0.15) is 18.1 Å². The third kappa shape index (κ3) is 5.48. The van der Waals surface area contributed by atoms with E-state index in [1.807, 2.05) is 0 Å². The summed E-state index contributed by atoms with van der Waals surface area (Å²) in [4.78, 5) is 13.6. The molecule has 0 fully saturated rings. The normalized spacial score (nSPS) is 12.4. The quantitative estimate of drug-likeness (QED) is 0.433. The van der Waals surface area contributed by atoms with Gasteiger partial charge in [-0.2, -0.15) is 17.6 Å². The van der Waals surface area contributed by atoms with Crippen molar-refractivity contribution < 1.29 is 27.1 Å². The highest BCUT2D eigenvalue weighted by Crippen LogP contribution is 2.37. The van der Waals surface area contributed by atoms with Gasteiger partial charge in [0.2, 0.25) is 0 Å². The van der Waals surface area contributed by atoms with Crippen LogP contribution in [-0.2, 0) is 9.53 Å². The van der Waals surface area contributed by atoms with Gasteiger partial charge >= 0.3 is 6.18 Å². The van der Waals surface area contributed by atoms with Gasteiger partial charge in [0, 0.05) is 17.3 Å². The highest BCUT2D eigenvalue weighted by Gasteiger charge is 2.39. The van der Waals surface area contributed by atoms with Gasteiger partial charge in [-0.3, -0.25) is 4.79 Å². The minimum Gasteiger partial charge on any atom is -0.460 e. The summed E-state index contributed by atoms with van der Waals surface area (Å²) in [6.07, 6.45) is -4.98. The zero-order chi connectivity index (χ0) is 20.9. The van der Waals surface area contributed by atoms with Crippen molar-refractivity contribution in [3.63, 3.8) is 0 Å². The SMILES string of the molecule is CCN(C(=O)CO/C(F)=C(\c1ccc(C)cc1)C(F)(F)F)c1ccc(Cl)cc1. The lowest BCUT2D eigenvalue weighted by Crippen LogP contribution is -2.33. The molecule has 8 heteroatoms. The summed E-state index contributed by atoms with van der Waals surface area (Å²) in [6, 6.07) is 9.58. The van der Waals surface area contributed by atoms with Gasteiger partial charge in [0.25, 0.3) is 11.9 Å². The molecule has 0 aromatic heterocycles. The van der Waals surface area contributed by atoms with Crippen LogP contribution in [0.4, 0.5) is 23.2 Å². The molecular weight excluding hydrogens is 398 g/mol. The first-order valence-electron chi connectivity index (χ1n) is 8.36. The van der Waals surface area contributed by atoms with Crippen LogP contribution in [0.3, 0.4) is 0 Å². The van der Waals surface area contributed by atoms with Crippen LogP contribution < -0.4 is 4.90 Å². The Bertz CT molecular complexity index is 846. The van der Waals surface area contributed by atoms with Crippen LogP contribution in [0.5, 0.6) is 0 Å². The Morgan fingerprint density at radius 3 is 2.14 bits per heavy atom. The molecule has 0 atom stereocenters. The Kier molecular flexibility index (Phi) is 7.07. The van der Waals surface area contributed by atoms with E-state index in [2.05, 4.69) is 4.74 Å². The average Bonchev–Trinajstić information content (AvgIpc) is 2.63. The molecule has 150 valence electrons. The summed E-state index contributed by atoms with van der Waals surface area (Å²) >= 11 is 5.80. The number of halogens is 5. The first-order chi connectivity index (χ1) is 13.1. The largest absolute Gasteiger partial charge is 0.460 e. The number of anilines is 1. The number of carbonyl (C=O) groups is 1. The highest BCUT2D eigenvalue weighted by molar-refractivity contribution is 6.30. The van der Waals surface area contributed by atoms with Crippen LogP contribution in [0.15, 0.2) is 54.5 Å². The molecule has 0 radical (unpaired) electrons. The van der Waals surface area contributed by atoms with E-state index in [1.165, 1.54) is 17.0 Å². The summed E-state index contributed by atoms with van der Waals surface area (Å²) in [5.74, 6) is -0.689. The number of rotatable bonds is 6. The van der Waals surface area contributed by atoms with E-state index in [9.17, 15) is 22.4 Å². The summed E-state index contributed by atoms with van der Waals surface area (Å²) in [7, 11) is 0. The topological polar surface area (TPSA) is 29.5 Å². The Hall–Kier alpha value is -2.54. The second-order valence-electron chi connectivity index (χ2n) is 5.92. The lowest BCUT2D eigenvalue weighted by molar-refractivity contribution is -0.123. The number of alkyl halides is 3. The van der Waals surface area contributed by atoms with Gasteiger partial charge in [0.1, 0.15) is 5.57 Å². The first-order valence-corrected chi connectivity index (χ1v) is 8.74. The number of allylic oxidation sites excluding steroid dienone is 1. The third-order valence-electron chi connectivity index (χ3n) is 3.90. The molecule has 3 nitrogen and oxygen atoms in total. The molecule has 2 aromatic carbocycles. The number of carbonyl (C=O) groups excluding carboxylic acids is 1. The van der Waals surface area contributed by atoms with Crippen molar-refractivity contribution in [2.75, 3.05) is 18.1 Å². The molecule has 0 aliphatic rings. The zero-order valence-corrected chi connectivity index (χ0v) is 15.9. The maximum atomic E-state index is 14.3. The van der Waals surface area contributed by atoms with Gasteiger partial charge < -0.3 is 9.64 Å². The van der Waals surface area contributed by atoms with E-state index in [1.54, 1.807) is 38.1 Å². The van der Waals surface area contributed by atoms with Crippen molar-refractivity contribution in [3.8, 4) is 0 Å². The number of hydrogen-bond donors (Lipinski definition) is 0. The van der Waals surface area contributed by atoms with Crippen LogP contribution in [-0.4, -0.2) is 25.2 Å². The molecule has 1 amide bonds. The predicted molar refractivity (Wildman–Crippen MR) is 101 cm³/mol. The van der Waals surface area contributed by atoms with Crippen LogP contribution in [0.25, 0.3) is 5.57 Å². The minimum atomic E-state index is -4.98. The van der Waals surface area contributed by atoms with Crippen LogP contribution in [0, 0.1) is 6.92 Å². The van der Waals surface area contributed by atoms with Gasteiger partial charge in [0.05, 0.1) is 0 Å². The van der Waals surface area contributed by atoms with E-state index >= 15 is 0 Å². The number of likely N-dealkylation sites (N-methyl/N-ethyl adjacent to an activating group) is 1. The third-order valence-corrected chi connectivity index (χ3v) is 4.15. The van der Waals surface area contributed by atoms with Gasteiger partial charge in [-0.1, -0.05) is 41.4 Å². The smallest absolute Gasteiger partial charge is 0.422 e. The number of benzene rings is 2. The van der Waals surface area contributed by atoms with E-state index in [0.29, 0.717) is 10.7 Å². The fourth-order valence-corrected chi connectivity index (χ4v) is 2.63. The van der Waals surface area contributed by atoms with Crippen molar-refractivity contribution in [1.82, 2.24) is 0 Å². The maximum Gasteiger partial charge on any atom is 0.422 e. The fraction of sp³-hybridized carbons (Fsp3) is 0.250. The molecule has 0 N–H and O–H groups in total. The molecule has 0 spiro atoms. The summed E-state index contributed by atoms with van der Waals surface area (Å²) in [5, 5.41) is 0.463. The predicted octanol–water partition coefficient (Wildman–Crippen LogP) is 5.92. The molecule has 0 aliphatic heterocycles. The molecule has 0 bridgehead atoms. The Labute approximate surface area is 165 Å². The summed E-state index contributed by atoms with van der Waals surface area (Å²) in [5.41, 5.74) is -0.745. The lowest BCUT2D eigenvalue weighted by Gasteiger charge is -2.21. The molecule has 0 saturated heterocycles. The molecule has 0 unspecified atom stereocenters. The standard InChI is InChI=1S/C20H18ClF4NO2/c1-3-26(16-10-8-15(21)9-11-16)17(27)12-28-19(22)18(20(23,24)25)14-6-4-13(2)5-7-14/h4-11H,3,12H2,1-2H3/b19-18+. The van der Waals surface area contributed by atoms with Crippen molar-refractivity contribution in [2.24, 2.45) is 0 Å². The Morgan fingerprint density at radius 1 is 1.07 bits per heavy atom. The van der Waals surface area contributed by atoms with Crippen LogP contribution in [0.2, 0.25) is 5.02 Å². The molecular formula is C20H18ClF4NO2. The molecule has 0 aliphatic carbocycles. The second-order valence-corrected chi connectivity index (χ2v) is 6.35. The number of amides is 1. The number of aryl methyl sites for hydroxylation is 1. The Morgan fingerprint density at radius 2 is 1.64 bits per heavy atom. The van der Waals surface area contributed by atoms with Crippen molar-refractivity contribution in [3.05, 3.63) is 70.7 Å². The van der Waals surface area contributed by atoms with E-state index in [4.69, 9.17) is 11.6 Å². The molecule has 0 saturated carbocycles. The van der Waals surface area contributed by atoms with E-state index in [-0.39, 0.29) is 12.1 Å². The van der Waals surface area contributed by atoms with E-state index in [0.717, 1.165) is 17.7 Å². The monoisotopic (exact) mass is 415 g/mol. The van der Waals surface area contributed by atoms with Crippen molar-refractivity contribution in [1.29, 1.82) is 0 Å². The van der Waals surface area contributed by atoms with Gasteiger partial charge in [0.15, 0.2) is 6.61 Å². The minimum absolute atomic E-state index is 0.221.